The Bertz CT molecular complexity index is 378. The van der Waals surface area contributed by atoms with Gasteiger partial charge in [-0.15, -0.1) is 0 Å². The largest absolute Gasteiger partial charge is 0.450 e. The molecule has 0 fully saturated rings. The third-order valence-electron chi connectivity index (χ3n) is 2.60. The highest BCUT2D eigenvalue weighted by atomic mass is 16.5. The number of carbonyl (C=O) groups excluding carboxylic acids is 1. The zero-order valence-corrected chi connectivity index (χ0v) is 8.83. The lowest BCUT2D eigenvalue weighted by Gasteiger charge is -2.22. The van der Waals surface area contributed by atoms with Gasteiger partial charge in [-0.25, -0.2) is 4.90 Å². The number of benzene rings is 1. The second-order valence-corrected chi connectivity index (χ2v) is 3.66. The van der Waals surface area contributed by atoms with E-state index in [9.17, 15) is 15.0 Å². The molecule has 1 aliphatic rings. The van der Waals surface area contributed by atoms with E-state index in [2.05, 4.69) is 0 Å². The summed E-state index contributed by atoms with van der Waals surface area (Å²) in [4.78, 5) is 12.0. The van der Waals surface area contributed by atoms with Gasteiger partial charge in [-0.05, 0) is 0 Å². The van der Waals surface area contributed by atoms with E-state index in [1.807, 2.05) is 0 Å². The number of aliphatic hydroxyl groups excluding tert-OH is 2. The molecule has 86 valence electrons. The summed E-state index contributed by atoms with van der Waals surface area (Å²) in [5, 5.41) is 19.8. The standard InChI is InChI=1S/C11H13NO4/c1-7(13)16-6-12-10(14)8-4-2-3-5-9(8)11(12)15/h2-5,10-11,14-15H,6H2,1H3. The fraction of sp³-hybridized carbons (Fsp3) is 0.364. The quantitative estimate of drug-likeness (QED) is 0.715. The van der Waals surface area contributed by atoms with Crippen LogP contribution in [0, 0.1) is 0 Å². The molecule has 5 heteroatoms. The van der Waals surface area contributed by atoms with E-state index in [1.165, 1.54) is 11.8 Å². The normalized spacial score (nSPS) is 24.2. The monoisotopic (exact) mass is 223 g/mol. The molecule has 1 heterocycles. The third kappa shape index (κ3) is 1.80. The van der Waals surface area contributed by atoms with E-state index in [0.717, 1.165) is 0 Å². The highest BCUT2D eigenvalue weighted by molar-refractivity contribution is 5.65. The fourth-order valence-electron chi connectivity index (χ4n) is 1.78. The summed E-state index contributed by atoms with van der Waals surface area (Å²) in [6.07, 6.45) is -1.88. The van der Waals surface area contributed by atoms with E-state index in [4.69, 9.17) is 4.74 Å². The van der Waals surface area contributed by atoms with Crippen molar-refractivity contribution in [3.05, 3.63) is 35.4 Å². The molecule has 0 aliphatic carbocycles. The molecule has 0 saturated heterocycles. The van der Waals surface area contributed by atoms with Crippen molar-refractivity contribution < 1.29 is 19.7 Å². The van der Waals surface area contributed by atoms with Crippen LogP contribution in [0.3, 0.4) is 0 Å². The second kappa shape index (κ2) is 4.21. The molecule has 0 amide bonds. The number of hydrogen-bond donors (Lipinski definition) is 2. The van der Waals surface area contributed by atoms with E-state index in [1.54, 1.807) is 24.3 Å². The van der Waals surface area contributed by atoms with E-state index in [-0.39, 0.29) is 6.73 Å². The summed E-state index contributed by atoms with van der Waals surface area (Å²) in [7, 11) is 0. The van der Waals surface area contributed by atoms with Gasteiger partial charge in [-0.2, -0.15) is 0 Å². The molecule has 0 aromatic heterocycles. The predicted octanol–water partition coefficient (Wildman–Crippen LogP) is 0.505. The zero-order chi connectivity index (χ0) is 11.7. The number of hydrogen-bond acceptors (Lipinski definition) is 5. The van der Waals surface area contributed by atoms with Gasteiger partial charge in [0.2, 0.25) is 0 Å². The number of aliphatic hydroxyl groups is 2. The molecule has 1 aliphatic heterocycles. The minimum absolute atomic E-state index is 0.133. The summed E-state index contributed by atoms with van der Waals surface area (Å²) in [5.74, 6) is -0.449. The predicted molar refractivity (Wildman–Crippen MR) is 54.8 cm³/mol. The maximum absolute atomic E-state index is 10.7. The van der Waals surface area contributed by atoms with Crippen LogP contribution in [-0.4, -0.2) is 27.8 Å². The smallest absolute Gasteiger partial charge is 0.303 e. The molecule has 2 N–H and O–H groups in total. The van der Waals surface area contributed by atoms with Crippen molar-refractivity contribution in [1.29, 1.82) is 0 Å². The highest BCUT2D eigenvalue weighted by Crippen LogP contribution is 2.38. The third-order valence-corrected chi connectivity index (χ3v) is 2.60. The van der Waals surface area contributed by atoms with Crippen molar-refractivity contribution in [2.45, 2.75) is 19.4 Å². The summed E-state index contributed by atoms with van der Waals surface area (Å²) in [6, 6.07) is 7.03. The van der Waals surface area contributed by atoms with Crippen molar-refractivity contribution in [3.8, 4) is 0 Å². The minimum atomic E-state index is -0.939. The molecule has 0 spiro atoms. The molecule has 0 bridgehead atoms. The highest BCUT2D eigenvalue weighted by Gasteiger charge is 2.36. The number of fused-ring (bicyclic) bond motifs is 1. The number of esters is 1. The SMILES string of the molecule is CC(=O)OCN1C(O)c2ccccc2C1O. The molecule has 2 unspecified atom stereocenters. The van der Waals surface area contributed by atoms with Gasteiger partial charge in [-0.3, -0.25) is 4.79 Å². The minimum Gasteiger partial charge on any atom is -0.450 e. The molecule has 0 radical (unpaired) electrons. The maximum atomic E-state index is 10.7. The molecular weight excluding hydrogens is 210 g/mol. The number of carbonyl (C=O) groups is 1. The first-order valence-corrected chi connectivity index (χ1v) is 4.95. The van der Waals surface area contributed by atoms with E-state index >= 15 is 0 Å². The Morgan fingerprint density at radius 1 is 1.31 bits per heavy atom. The van der Waals surface area contributed by atoms with Crippen molar-refractivity contribution in [2.24, 2.45) is 0 Å². The lowest BCUT2D eigenvalue weighted by atomic mass is 10.1. The van der Waals surface area contributed by atoms with Crippen LogP contribution in [0.2, 0.25) is 0 Å². The first kappa shape index (κ1) is 11.1. The first-order valence-electron chi connectivity index (χ1n) is 4.95. The van der Waals surface area contributed by atoms with Crippen LogP contribution >= 0.6 is 0 Å². The second-order valence-electron chi connectivity index (χ2n) is 3.66. The van der Waals surface area contributed by atoms with Crippen molar-refractivity contribution in [3.63, 3.8) is 0 Å². The molecule has 2 rings (SSSR count). The van der Waals surface area contributed by atoms with Gasteiger partial charge in [-0.1, -0.05) is 24.3 Å². The van der Waals surface area contributed by atoms with Gasteiger partial charge < -0.3 is 14.9 Å². The lowest BCUT2D eigenvalue weighted by molar-refractivity contribution is -0.165. The Morgan fingerprint density at radius 2 is 1.81 bits per heavy atom. The van der Waals surface area contributed by atoms with Gasteiger partial charge in [0.05, 0.1) is 0 Å². The lowest BCUT2D eigenvalue weighted by Crippen LogP contribution is -2.29. The summed E-state index contributed by atoms with van der Waals surface area (Å²) >= 11 is 0. The Balaban J connectivity index is 2.18. The van der Waals surface area contributed by atoms with Gasteiger partial charge in [0.15, 0.2) is 0 Å². The van der Waals surface area contributed by atoms with E-state index < -0.39 is 18.4 Å². The average molecular weight is 223 g/mol. The summed E-state index contributed by atoms with van der Waals surface area (Å²) in [6.45, 7) is 1.15. The first-order chi connectivity index (χ1) is 7.61. The van der Waals surface area contributed by atoms with Crippen LogP contribution in [0.4, 0.5) is 0 Å². The average Bonchev–Trinajstić information content (AvgIpc) is 2.50. The van der Waals surface area contributed by atoms with Gasteiger partial charge in [0.25, 0.3) is 0 Å². The number of rotatable bonds is 2. The van der Waals surface area contributed by atoms with Gasteiger partial charge >= 0.3 is 5.97 Å². The van der Waals surface area contributed by atoms with Crippen molar-refractivity contribution >= 4 is 5.97 Å². The number of nitrogens with zero attached hydrogens (tertiary/aromatic N) is 1. The van der Waals surface area contributed by atoms with Crippen LogP contribution in [0.15, 0.2) is 24.3 Å². The van der Waals surface area contributed by atoms with Crippen LogP contribution in [0.1, 0.15) is 30.5 Å². The molecule has 2 atom stereocenters. The van der Waals surface area contributed by atoms with Crippen LogP contribution in [0.25, 0.3) is 0 Å². The van der Waals surface area contributed by atoms with Crippen LogP contribution < -0.4 is 0 Å². The zero-order valence-electron chi connectivity index (χ0n) is 8.83. The Labute approximate surface area is 92.9 Å². The fourth-order valence-corrected chi connectivity index (χ4v) is 1.78. The Hall–Kier alpha value is -1.43. The van der Waals surface area contributed by atoms with Crippen LogP contribution in [0.5, 0.6) is 0 Å². The van der Waals surface area contributed by atoms with Gasteiger partial charge in [0, 0.05) is 18.1 Å². The summed E-state index contributed by atoms with van der Waals surface area (Å²) in [5.41, 5.74) is 1.28. The molecular formula is C11H13NO4. The maximum Gasteiger partial charge on any atom is 0.303 e. The summed E-state index contributed by atoms with van der Waals surface area (Å²) < 4.78 is 4.76. The van der Waals surface area contributed by atoms with E-state index in [0.29, 0.717) is 11.1 Å². The Morgan fingerprint density at radius 3 is 2.25 bits per heavy atom. The van der Waals surface area contributed by atoms with Crippen molar-refractivity contribution in [1.82, 2.24) is 4.90 Å². The van der Waals surface area contributed by atoms with Crippen molar-refractivity contribution in [2.75, 3.05) is 6.73 Å². The number of ether oxygens (including phenoxy) is 1. The van der Waals surface area contributed by atoms with Crippen LogP contribution in [-0.2, 0) is 9.53 Å². The molecule has 5 nitrogen and oxygen atoms in total. The Kier molecular flexibility index (Phi) is 2.91. The molecule has 16 heavy (non-hydrogen) atoms. The molecule has 0 saturated carbocycles. The topological polar surface area (TPSA) is 70.0 Å². The molecule has 1 aromatic rings. The molecule has 1 aromatic carbocycles. The van der Waals surface area contributed by atoms with Gasteiger partial charge in [0.1, 0.15) is 19.2 Å².